The lowest BCUT2D eigenvalue weighted by atomic mass is 10.2. The van der Waals surface area contributed by atoms with Gasteiger partial charge in [0.15, 0.2) is 6.04 Å². The van der Waals surface area contributed by atoms with Crippen molar-refractivity contribution < 1.29 is 23.5 Å². The lowest BCUT2D eigenvalue weighted by Crippen LogP contribution is -2.43. The Hall–Kier alpha value is -2.15. The van der Waals surface area contributed by atoms with Gasteiger partial charge in [-0.3, -0.25) is 4.79 Å². The molecule has 7 heteroatoms. The molecule has 1 aromatic carbocycles. The van der Waals surface area contributed by atoms with Crippen LogP contribution in [0.3, 0.4) is 0 Å². The standard InChI is InChI=1S/C13H17FN2O4/c1-3-19-10-7-8(14)5-6-9(10)16-12(17)11(15)13(18)20-4-2/h5-7,11H,3-4,15H2,1-2H3,(H,16,17). The van der Waals surface area contributed by atoms with Crippen LogP contribution in [-0.4, -0.2) is 31.1 Å². The van der Waals surface area contributed by atoms with Crippen molar-refractivity contribution in [3.05, 3.63) is 24.0 Å². The Morgan fingerprint density at radius 3 is 2.65 bits per heavy atom. The Bertz CT molecular complexity index is 493. The van der Waals surface area contributed by atoms with Crippen LogP contribution in [-0.2, 0) is 14.3 Å². The van der Waals surface area contributed by atoms with Crippen molar-refractivity contribution in [2.24, 2.45) is 5.73 Å². The summed E-state index contributed by atoms with van der Waals surface area (Å²) >= 11 is 0. The van der Waals surface area contributed by atoms with E-state index in [-0.39, 0.29) is 18.0 Å². The number of anilines is 1. The summed E-state index contributed by atoms with van der Waals surface area (Å²) in [7, 11) is 0. The van der Waals surface area contributed by atoms with Crippen LogP contribution in [0.15, 0.2) is 18.2 Å². The van der Waals surface area contributed by atoms with E-state index >= 15 is 0 Å². The Labute approximate surface area is 116 Å². The zero-order valence-electron chi connectivity index (χ0n) is 11.3. The van der Waals surface area contributed by atoms with Gasteiger partial charge in [0.2, 0.25) is 0 Å². The van der Waals surface area contributed by atoms with Gasteiger partial charge in [-0.1, -0.05) is 0 Å². The topological polar surface area (TPSA) is 90.7 Å². The first-order valence-electron chi connectivity index (χ1n) is 6.15. The molecule has 0 aliphatic carbocycles. The van der Waals surface area contributed by atoms with Crippen molar-refractivity contribution in [1.29, 1.82) is 0 Å². The van der Waals surface area contributed by atoms with E-state index in [1.807, 2.05) is 0 Å². The number of hydrogen-bond acceptors (Lipinski definition) is 5. The van der Waals surface area contributed by atoms with Gasteiger partial charge in [-0.2, -0.15) is 0 Å². The maximum atomic E-state index is 13.1. The van der Waals surface area contributed by atoms with Crippen LogP contribution < -0.4 is 15.8 Å². The number of rotatable bonds is 6. The summed E-state index contributed by atoms with van der Waals surface area (Å²) in [5.74, 6) is -1.92. The molecule has 0 aromatic heterocycles. The molecule has 0 saturated carbocycles. The number of esters is 1. The van der Waals surface area contributed by atoms with E-state index in [0.717, 1.165) is 12.1 Å². The lowest BCUT2D eigenvalue weighted by molar-refractivity contribution is -0.146. The normalized spacial score (nSPS) is 11.6. The van der Waals surface area contributed by atoms with Gasteiger partial charge in [-0.05, 0) is 26.0 Å². The van der Waals surface area contributed by atoms with Crippen LogP contribution in [0.25, 0.3) is 0 Å². The van der Waals surface area contributed by atoms with Crippen LogP contribution in [0, 0.1) is 5.82 Å². The molecule has 3 N–H and O–H groups in total. The number of amides is 1. The van der Waals surface area contributed by atoms with Crippen molar-refractivity contribution in [3.8, 4) is 5.75 Å². The zero-order chi connectivity index (χ0) is 15.1. The minimum Gasteiger partial charge on any atom is -0.492 e. The van der Waals surface area contributed by atoms with Crippen LogP contribution in [0.2, 0.25) is 0 Å². The van der Waals surface area contributed by atoms with Gasteiger partial charge in [-0.15, -0.1) is 0 Å². The summed E-state index contributed by atoms with van der Waals surface area (Å²) in [6.07, 6.45) is 0. The highest BCUT2D eigenvalue weighted by molar-refractivity contribution is 6.08. The maximum absolute atomic E-state index is 13.1. The van der Waals surface area contributed by atoms with Crippen molar-refractivity contribution >= 4 is 17.6 Å². The second-order valence-electron chi connectivity index (χ2n) is 3.79. The SMILES string of the molecule is CCOC(=O)C(N)C(=O)Nc1ccc(F)cc1OCC. The summed E-state index contributed by atoms with van der Waals surface area (Å²) in [5, 5.41) is 2.41. The zero-order valence-corrected chi connectivity index (χ0v) is 11.3. The lowest BCUT2D eigenvalue weighted by Gasteiger charge is -2.14. The molecular weight excluding hydrogens is 267 g/mol. The maximum Gasteiger partial charge on any atom is 0.332 e. The highest BCUT2D eigenvalue weighted by Crippen LogP contribution is 2.25. The van der Waals surface area contributed by atoms with Crippen LogP contribution in [0.1, 0.15) is 13.8 Å². The number of benzene rings is 1. The summed E-state index contributed by atoms with van der Waals surface area (Å²) in [6, 6.07) is 2.17. The quantitative estimate of drug-likeness (QED) is 0.602. The number of ether oxygens (including phenoxy) is 2. The fraction of sp³-hybridized carbons (Fsp3) is 0.385. The summed E-state index contributed by atoms with van der Waals surface area (Å²) in [5.41, 5.74) is 5.68. The number of hydrogen-bond donors (Lipinski definition) is 2. The number of carbonyl (C=O) groups is 2. The summed E-state index contributed by atoms with van der Waals surface area (Å²) in [6.45, 7) is 3.76. The molecule has 0 radical (unpaired) electrons. The average Bonchev–Trinajstić information content (AvgIpc) is 2.41. The Morgan fingerprint density at radius 2 is 2.05 bits per heavy atom. The molecule has 0 saturated heterocycles. The molecule has 110 valence electrons. The van der Waals surface area contributed by atoms with Crippen molar-refractivity contribution in [1.82, 2.24) is 0 Å². The first-order valence-corrected chi connectivity index (χ1v) is 6.15. The molecule has 0 aliphatic heterocycles. The summed E-state index contributed by atoms with van der Waals surface area (Å²) in [4.78, 5) is 23.1. The highest BCUT2D eigenvalue weighted by Gasteiger charge is 2.24. The second-order valence-corrected chi connectivity index (χ2v) is 3.79. The van der Waals surface area contributed by atoms with Gasteiger partial charge in [0.1, 0.15) is 11.6 Å². The molecule has 0 fully saturated rings. The van der Waals surface area contributed by atoms with E-state index in [4.69, 9.17) is 10.5 Å². The molecule has 0 aliphatic rings. The Morgan fingerprint density at radius 1 is 1.35 bits per heavy atom. The summed E-state index contributed by atoms with van der Waals surface area (Å²) < 4.78 is 22.9. The first kappa shape index (κ1) is 15.9. The largest absolute Gasteiger partial charge is 0.492 e. The molecule has 1 aromatic rings. The Balaban J connectivity index is 2.82. The minimum absolute atomic E-state index is 0.126. The van der Waals surface area contributed by atoms with E-state index in [0.29, 0.717) is 6.61 Å². The van der Waals surface area contributed by atoms with Gasteiger partial charge in [0, 0.05) is 6.07 Å². The highest BCUT2D eigenvalue weighted by atomic mass is 19.1. The molecule has 6 nitrogen and oxygen atoms in total. The smallest absolute Gasteiger partial charge is 0.332 e. The minimum atomic E-state index is -1.45. The van der Waals surface area contributed by atoms with E-state index in [2.05, 4.69) is 10.1 Å². The van der Waals surface area contributed by atoms with E-state index in [9.17, 15) is 14.0 Å². The third-order valence-electron chi connectivity index (χ3n) is 2.32. The van der Waals surface area contributed by atoms with Crippen molar-refractivity contribution in [2.45, 2.75) is 19.9 Å². The molecular formula is C13H17FN2O4. The van der Waals surface area contributed by atoms with Crippen LogP contribution in [0.4, 0.5) is 10.1 Å². The average molecular weight is 284 g/mol. The van der Waals surface area contributed by atoms with Gasteiger partial charge < -0.3 is 20.5 Å². The molecule has 0 spiro atoms. The molecule has 1 amide bonds. The predicted molar refractivity (Wildman–Crippen MR) is 70.8 cm³/mol. The van der Waals surface area contributed by atoms with E-state index in [1.165, 1.54) is 6.07 Å². The molecule has 1 atom stereocenters. The van der Waals surface area contributed by atoms with Gasteiger partial charge in [0.25, 0.3) is 5.91 Å². The van der Waals surface area contributed by atoms with E-state index < -0.39 is 23.7 Å². The fourth-order valence-corrected chi connectivity index (χ4v) is 1.42. The van der Waals surface area contributed by atoms with E-state index in [1.54, 1.807) is 13.8 Å². The first-order chi connectivity index (χ1) is 9.49. The van der Waals surface area contributed by atoms with Crippen LogP contribution in [0.5, 0.6) is 5.75 Å². The molecule has 20 heavy (non-hydrogen) atoms. The Kier molecular flexibility index (Phi) is 5.92. The molecule has 1 rings (SSSR count). The van der Waals surface area contributed by atoms with Gasteiger partial charge in [-0.25, -0.2) is 9.18 Å². The second kappa shape index (κ2) is 7.44. The third-order valence-corrected chi connectivity index (χ3v) is 2.32. The molecule has 0 heterocycles. The van der Waals surface area contributed by atoms with Gasteiger partial charge >= 0.3 is 5.97 Å². The number of nitrogens with two attached hydrogens (primary N) is 1. The number of halogens is 1. The third kappa shape index (κ3) is 4.20. The van der Waals surface area contributed by atoms with Gasteiger partial charge in [0.05, 0.1) is 18.9 Å². The van der Waals surface area contributed by atoms with Crippen LogP contribution >= 0.6 is 0 Å². The predicted octanol–water partition coefficient (Wildman–Crippen LogP) is 1.05. The monoisotopic (exact) mass is 284 g/mol. The molecule has 0 bridgehead atoms. The van der Waals surface area contributed by atoms with Crippen molar-refractivity contribution in [3.63, 3.8) is 0 Å². The number of nitrogens with one attached hydrogen (secondary N) is 1. The number of carbonyl (C=O) groups excluding carboxylic acids is 2. The fourth-order valence-electron chi connectivity index (χ4n) is 1.42. The van der Waals surface area contributed by atoms with Crippen molar-refractivity contribution in [2.75, 3.05) is 18.5 Å². The molecule has 1 unspecified atom stereocenters.